The van der Waals surface area contributed by atoms with Crippen LogP contribution in [0.4, 0.5) is 0 Å². The molecule has 2 rings (SSSR count). The highest BCUT2D eigenvalue weighted by Gasteiger charge is 2.25. The Balaban J connectivity index is 2.11. The first-order valence-corrected chi connectivity index (χ1v) is 7.91. The SMILES string of the molecule is CC(NC(=O)c1cc(S(N)(=O)=O)cn1C)C1CCOC1. The number of carbonyl (C=O) groups is 1. The molecule has 0 aliphatic carbocycles. The van der Waals surface area contributed by atoms with Gasteiger partial charge in [-0.05, 0) is 19.4 Å². The Kier molecular flexibility index (Phi) is 4.17. The summed E-state index contributed by atoms with van der Waals surface area (Å²) in [5.41, 5.74) is 0.264. The molecule has 112 valence electrons. The van der Waals surface area contributed by atoms with E-state index in [1.807, 2.05) is 6.92 Å². The number of nitrogens with zero attached hydrogens (tertiary/aromatic N) is 1. The molecule has 3 N–H and O–H groups in total. The molecule has 7 nitrogen and oxygen atoms in total. The van der Waals surface area contributed by atoms with Crippen molar-refractivity contribution in [3.8, 4) is 0 Å². The third kappa shape index (κ3) is 3.20. The monoisotopic (exact) mass is 301 g/mol. The second kappa shape index (κ2) is 5.55. The Hall–Kier alpha value is -1.38. The van der Waals surface area contributed by atoms with E-state index < -0.39 is 10.0 Å². The molecule has 0 spiro atoms. The maximum Gasteiger partial charge on any atom is 0.268 e. The topological polar surface area (TPSA) is 103 Å². The summed E-state index contributed by atoms with van der Waals surface area (Å²) in [6.07, 6.45) is 2.24. The molecule has 1 amide bonds. The molecule has 1 saturated heterocycles. The molecule has 2 atom stereocenters. The highest BCUT2D eigenvalue weighted by Crippen LogP contribution is 2.17. The fraction of sp³-hybridized carbons (Fsp3) is 0.583. The zero-order chi connectivity index (χ0) is 14.9. The summed E-state index contributed by atoms with van der Waals surface area (Å²) in [5, 5.41) is 7.92. The number of hydrogen-bond acceptors (Lipinski definition) is 4. The Morgan fingerprint density at radius 1 is 1.60 bits per heavy atom. The highest BCUT2D eigenvalue weighted by atomic mass is 32.2. The van der Waals surface area contributed by atoms with Gasteiger partial charge in [0.2, 0.25) is 10.0 Å². The molecular weight excluding hydrogens is 282 g/mol. The van der Waals surface area contributed by atoms with Gasteiger partial charge in [-0.25, -0.2) is 13.6 Å². The number of carbonyl (C=O) groups excluding carboxylic acids is 1. The molecule has 1 fully saturated rings. The van der Waals surface area contributed by atoms with Gasteiger partial charge in [-0.15, -0.1) is 0 Å². The number of nitrogens with one attached hydrogen (secondary N) is 1. The number of primary sulfonamides is 1. The van der Waals surface area contributed by atoms with Crippen LogP contribution < -0.4 is 10.5 Å². The van der Waals surface area contributed by atoms with E-state index in [0.717, 1.165) is 6.42 Å². The first-order valence-electron chi connectivity index (χ1n) is 6.37. The average molecular weight is 301 g/mol. The number of ether oxygens (including phenoxy) is 1. The van der Waals surface area contributed by atoms with E-state index in [4.69, 9.17) is 9.88 Å². The lowest BCUT2D eigenvalue weighted by Crippen LogP contribution is -2.39. The second-order valence-corrected chi connectivity index (χ2v) is 6.66. The van der Waals surface area contributed by atoms with E-state index in [2.05, 4.69) is 5.32 Å². The van der Waals surface area contributed by atoms with Crippen LogP contribution in [0.15, 0.2) is 17.2 Å². The van der Waals surface area contributed by atoms with Crippen LogP contribution >= 0.6 is 0 Å². The van der Waals surface area contributed by atoms with Crippen molar-refractivity contribution < 1.29 is 17.9 Å². The summed E-state index contributed by atoms with van der Waals surface area (Å²) in [5.74, 6) is -0.0290. The fourth-order valence-corrected chi connectivity index (χ4v) is 2.84. The minimum atomic E-state index is -3.80. The van der Waals surface area contributed by atoms with Gasteiger partial charge in [-0.3, -0.25) is 4.79 Å². The standard InChI is InChI=1S/C12H19N3O4S/c1-8(9-3-4-19-7-9)14-12(16)11-5-10(6-15(11)2)20(13,17)18/h5-6,8-9H,3-4,7H2,1-2H3,(H,14,16)(H2,13,17,18). The summed E-state index contributed by atoms with van der Waals surface area (Å²) >= 11 is 0. The van der Waals surface area contributed by atoms with E-state index in [-0.39, 0.29) is 28.5 Å². The summed E-state index contributed by atoms with van der Waals surface area (Å²) in [6.45, 7) is 3.27. The van der Waals surface area contributed by atoms with Crippen molar-refractivity contribution in [2.75, 3.05) is 13.2 Å². The number of amides is 1. The van der Waals surface area contributed by atoms with Gasteiger partial charge in [0.25, 0.3) is 5.91 Å². The number of sulfonamides is 1. The molecule has 0 saturated carbocycles. The predicted octanol–water partition coefficient (Wildman–Crippen LogP) is -0.173. The number of aryl methyl sites for hydroxylation is 1. The van der Waals surface area contributed by atoms with Crippen molar-refractivity contribution in [3.05, 3.63) is 18.0 Å². The van der Waals surface area contributed by atoms with Crippen LogP contribution in [0.1, 0.15) is 23.8 Å². The molecule has 0 radical (unpaired) electrons. The van der Waals surface area contributed by atoms with Crippen molar-refractivity contribution >= 4 is 15.9 Å². The van der Waals surface area contributed by atoms with Crippen LogP contribution in [0.2, 0.25) is 0 Å². The molecule has 2 heterocycles. The van der Waals surface area contributed by atoms with Crippen LogP contribution in [-0.4, -0.2) is 38.1 Å². The zero-order valence-corrected chi connectivity index (χ0v) is 12.3. The number of rotatable bonds is 4. The smallest absolute Gasteiger partial charge is 0.268 e. The van der Waals surface area contributed by atoms with Crippen molar-refractivity contribution in [1.82, 2.24) is 9.88 Å². The van der Waals surface area contributed by atoms with Gasteiger partial charge in [-0.1, -0.05) is 0 Å². The average Bonchev–Trinajstić information content (AvgIpc) is 2.95. The lowest BCUT2D eigenvalue weighted by atomic mass is 10.0. The van der Waals surface area contributed by atoms with E-state index in [9.17, 15) is 13.2 Å². The summed E-state index contributed by atoms with van der Waals surface area (Å²) in [6, 6.07) is 1.25. The van der Waals surface area contributed by atoms with Crippen LogP contribution in [0.5, 0.6) is 0 Å². The van der Waals surface area contributed by atoms with Crippen molar-refractivity contribution in [2.45, 2.75) is 24.3 Å². The van der Waals surface area contributed by atoms with Crippen molar-refractivity contribution in [2.24, 2.45) is 18.1 Å². The number of hydrogen-bond donors (Lipinski definition) is 2. The Labute approximate surface area is 118 Å². The largest absolute Gasteiger partial charge is 0.381 e. The van der Waals surface area contributed by atoms with Crippen LogP contribution in [-0.2, 0) is 21.8 Å². The molecule has 1 aliphatic rings. The Bertz CT molecular complexity index is 602. The van der Waals surface area contributed by atoms with Gasteiger partial charge in [-0.2, -0.15) is 0 Å². The molecule has 1 aromatic rings. The van der Waals surface area contributed by atoms with Gasteiger partial charge in [0.05, 0.1) is 6.61 Å². The molecule has 20 heavy (non-hydrogen) atoms. The van der Waals surface area contributed by atoms with Crippen LogP contribution in [0, 0.1) is 5.92 Å². The van der Waals surface area contributed by atoms with Gasteiger partial charge in [0.1, 0.15) is 10.6 Å². The third-order valence-electron chi connectivity index (χ3n) is 3.57. The maximum atomic E-state index is 12.2. The highest BCUT2D eigenvalue weighted by molar-refractivity contribution is 7.89. The Morgan fingerprint density at radius 2 is 2.30 bits per heavy atom. The van der Waals surface area contributed by atoms with Crippen LogP contribution in [0.3, 0.4) is 0 Å². The van der Waals surface area contributed by atoms with E-state index >= 15 is 0 Å². The van der Waals surface area contributed by atoms with Gasteiger partial charge >= 0.3 is 0 Å². The van der Waals surface area contributed by atoms with E-state index in [1.165, 1.54) is 16.8 Å². The summed E-state index contributed by atoms with van der Waals surface area (Å²) in [4.78, 5) is 12.1. The quantitative estimate of drug-likeness (QED) is 0.805. The second-order valence-electron chi connectivity index (χ2n) is 5.10. The minimum absolute atomic E-state index is 0.0298. The molecule has 8 heteroatoms. The van der Waals surface area contributed by atoms with Gasteiger partial charge in [0.15, 0.2) is 0 Å². The first kappa shape index (κ1) is 15.0. The third-order valence-corrected chi connectivity index (χ3v) is 4.45. The summed E-state index contributed by atoms with van der Waals surface area (Å²) < 4.78 is 29.3. The molecular formula is C12H19N3O4S. The Morgan fingerprint density at radius 3 is 2.80 bits per heavy atom. The van der Waals surface area contributed by atoms with Crippen molar-refractivity contribution in [1.29, 1.82) is 0 Å². The minimum Gasteiger partial charge on any atom is -0.381 e. The van der Waals surface area contributed by atoms with E-state index in [1.54, 1.807) is 7.05 Å². The van der Waals surface area contributed by atoms with Gasteiger partial charge < -0.3 is 14.6 Å². The summed E-state index contributed by atoms with van der Waals surface area (Å²) in [7, 11) is -2.20. The first-order chi connectivity index (χ1) is 9.29. The van der Waals surface area contributed by atoms with Gasteiger partial charge in [0, 0.05) is 31.8 Å². The zero-order valence-electron chi connectivity index (χ0n) is 11.5. The van der Waals surface area contributed by atoms with Crippen LogP contribution in [0.25, 0.3) is 0 Å². The maximum absolute atomic E-state index is 12.2. The number of nitrogens with two attached hydrogens (primary N) is 1. The molecule has 0 bridgehead atoms. The molecule has 0 aromatic carbocycles. The predicted molar refractivity (Wildman–Crippen MR) is 72.6 cm³/mol. The molecule has 2 unspecified atom stereocenters. The number of aromatic nitrogens is 1. The lowest BCUT2D eigenvalue weighted by Gasteiger charge is -2.19. The normalized spacial score (nSPS) is 20.9. The van der Waals surface area contributed by atoms with E-state index in [0.29, 0.717) is 13.2 Å². The fourth-order valence-electron chi connectivity index (χ4n) is 2.26. The molecule has 1 aromatic heterocycles. The van der Waals surface area contributed by atoms with Crippen molar-refractivity contribution in [3.63, 3.8) is 0 Å². The lowest BCUT2D eigenvalue weighted by molar-refractivity contribution is 0.0914. The molecule has 1 aliphatic heterocycles.